The molecule has 1 rings (SSSR count). The molecule has 4 heteroatoms. The van der Waals surface area contributed by atoms with Crippen molar-refractivity contribution in [2.24, 2.45) is 4.99 Å². The Morgan fingerprint density at radius 3 is 3.18 bits per heavy atom. The highest BCUT2D eigenvalue weighted by atomic mass is 15.0. The third-order valence-electron chi connectivity index (χ3n) is 1.21. The molecule has 1 N–H and O–H groups in total. The maximum absolute atomic E-state index is 3.98. The van der Waals surface area contributed by atoms with Crippen LogP contribution in [-0.4, -0.2) is 23.2 Å². The normalized spacial score (nSPS) is 9.18. The van der Waals surface area contributed by atoms with Crippen molar-refractivity contribution in [3.63, 3.8) is 0 Å². The molecule has 4 nitrogen and oxygen atoms in total. The predicted molar refractivity (Wildman–Crippen MR) is 45.4 cm³/mol. The van der Waals surface area contributed by atoms with Crippen LogP contribution in [0.1, 0.15) is 6.92 Å². The summed E-state index contributed by atoms with van der Waals surface area (Å²) in [5.41, 5.74) is 0.689. The second-order valence-corrected chi connectivity index (χ2v) is 1.95. The van der Waals surface area contributed by atoms with Crippen LogP contribution in [0.2, 0.25) is 0 Å². The summed E-state index contributed by atoms with van der Waals surface area (Å²) in [4.78, 5) is 11.5. The van der Waals surface area contributed by atoms with Gasteiger partial charge in [0.15, 0.2) is 5.82 Å². The van der Waals surface area contributed by atoms with Gasteiger partial charge in [-0.05, 0) is 13.6 Å². The first-order valence-corrected chi connectivity index (χ1v) is 3.39. The first-order valence-electron chi connectivity index (χ1n) is 3.39. The van der Waals surface area contributed by atoms with E-state index in [1.165, 1.54) is 6.33 Å². The lowest BCUT2D eigenvalue weighted by Gasteiger charge is -2.02. The van der Waals surface area contributed by atoms with E-state index in [0.29, 0.717) is 5.69 Å². The summed E-state index contributed by atoms with van der Waals surface area (Å²) >= 11 is 0. The molecule has 0 spiro atoms. The summed E-state index contributed by atoms with van der Waals surface area (Å²) in [5.74, 6) is 0.734. The quantitative estimate of drug-likeness (QED) is 0.659. The summed E-state index contributed by atoms with van der Waals surface area (Å²) < 4.78 is 0. The molecule has 1 aromatic heterocycles. The van der Waals surface area contributed by atoms with E-state index in [0.717, 1.165) is 12.4 Å². The molecular formula is C7H10N4. The number of rotatable bonds is 3. The van der Waals surface area contributed by atoms with E-state index in [1.54, 1.807) is 6.20 Å². The van der Waals surface area contributed by atoms with Crippen molar-refractivity contribution < 1.29 is 0 Å². The Morgan fingerprint density at radius 1 is 1.73 bits per heavy atom. The lowest BCUT2D eigenvalue weighted by molar-refractivity contribution is 1.11. The Bertz CT molecular complexity index is 246. The predicted octanol–water partition coefficient (Wildman–Crippen LogP) is 1.24. The van der Waals surface area contributed by atoms with Crippen LogP contribution < -0.4 is 5.32 Å². The lowest BCUT2D eigenvalue weighted by atomic mass is 10.5. The maximum Gasteiger partial charge on any atom is 0.155 e. The highest BCUT2D eigenvalue weighted by Crippen LogP contribution is 2.18. The van der Waals surface area contributed by atoms with Crippen LogP contribution in [0, 0.1) is 0 Å². The Kier molecular flexibility index (Phi) is 2.54. The summed E-state index contributed by atoms with van der Waals surface area (Å²) in [6.07, 6.45) is 3.10. The average Bonchev–Trinajstić information content (AvgIpc) is 2.06. The molecule has 0 fully saturated rings. The smallest absolute Gasteiger partial charge is 0.155 e. The first kappa shape index (κ1) is 7.65. The van der Waals surface area contributed by atoms with Gasteiger partial charge in [0, 0.05) is 6.54 Å². The van der Waals surface area contributed by atoms with Gasteiger partial charge in [0.05, 0.1) is 6.20 Å². The van der Waals surface area contributed by atoms with Gasteiger partial charge in [0.25, 0.3) is 0 Å². The van der Waals surface area contributed by atoms with Crippen LogP contribution in [0.25, 0.3) is 0 Å². The first-order chi connectivity index (χ1) is 5.38. The van der Waals surface area contributed by atoms with Gasteiger partial charge < -0.3 is 5.32 Å². The number of nitrogens with one attached hydrogen (secondary N) is 1. The topological polar surface area (TPSA) is 50.2 Å². The summed E-state index contributed by atoms with van der Waals surface area (Å²) in [6, 6.07) is 0. The molecule has 0 unspecified atom stereocenters. The van der Waals surface area contributed by atoms with Crippen LogP contribution in [0.5, 0.6) is 0 Å². The number of hydrogen-bond acceptors (Lipinski definition) is 4. The zero-order chi connectivity index (χ0) is 8.10. The van der Waals surface area contributed by atoms with Crippen molar-refractivity contribution in [3.05, 3.63) is 12.5 Å². The average molecular weight is 150 g/mol. The molecule has 0 aliphatic rings. The lowest BCUT2D eigenvalue weighted by Crippen LogP contribution is -1.99. The van der Waals surface area contributed by atoms with E-state index in [9.17, 15) is 0 Å². The number of aromatic nitrogens is 2. The minimum Gasteiger partial charge on any atom is -0.368 e. The van der Waals surface area contributed by atoms with E-state index < -0.39 is 0 Å². The summed E-state index contributed by atoms with van der Waals surface area (Å²) in [6.45, 7) is 6.22. The van der Waals surface area contributed by atoms with Crippen molar-refractivity contribution in [1.82, 2.24) is 9.97 Å². The minimum absolute atomic E-state index is 0.689. The van der Waals surface area contributed by atoms with E-state index in [-0.39, 0.29) is 0 Å². The summed E-state index contributed by atoms with van der Waals surface area (Å²) in [5, 5.41) is 3.04. The van der Waals surface area contributed by atoms with Crippen molar-refractivity contribution >= 4 is 18.2 Å². The van der Waals surface area contributed by atoms with Gasteiger partial charge >= 0.3 is 0 Å². The molecule has 0 atom stereocenters. The molecule has 0 aliphatic carbocycles. The van der Waals surface area contributed by atoms with Crippen LogP contribution in [0.4, 0.5) is 11.5 Å². The molecule has 1 heterocycles. The van der Waals surface area contributed by atoms with Crippen molar-refractivity contribution in [2.45, 2.75) is 6.92 Å². The van der Waals surface area contributed by atoms with Crippen LogP contribution in [-0.2, 0) is 0 Å². The van der Waals surface area contributed by atoms with Gasteiger partial charge in [0.2, 0.25) is 0 Å². The molecule has 11 heavy (non-hydrogen) atoms. The van der Waals surface area contributed by atoms with Crippen LogP contribution in [0.15, 0.2) is 17.5 Å². The molecule has 0 saturated heterocycles. The monoisotopic (exact) mass is 150 g/mol. The highest BCUT2D eigenvalue weighted by molar-refractivity contribution is 5.61. The molecule has 0 bridgehead atoms. The van der Waals surface area contributed by atoms with Crippen LogP contribution >= 0.6 is 0 Å². The zero-order valence-electron chi connectivity index (χ0n) is 6.41. The standard InChI is InChI=1S/C7H10N4/c1-3-10-7-6(8-2)4-9-5-11-7/h4-5H,2-3H2,1H3,(H,9,10,11). The number of nitrogens with zero attached hydrogens (tertiary/aromatic N) is 3. The second kappa shape index (κ2) is 3.65. The van der Waals surface area contributed by atoms with E-state index in [2.05, 4.69) is 27.0 Å². The molecule has 0 amide bonds. The van der Waals surface area contributed by atoms with Crippen molar-refractivity contribution in [3.8, 4) is 0 Å². The third kappa shape index (κ3) is 1.73. The Morgan fingerprint density at radius 2 is 2.55 bits per heavy atom. The van der Waals surface area contributed by atoms with Crippen molar-refractivity contribution in [1.29, 1.82) is 0 Å². The second-order valence-electron chi connectivity index (χ2n) is 1.95. The maximum atomic E-state index is 3.98. The van der Waals surface area contributed by atoms with E-state index in [1.807, 2.05) is 6.92 Å². The molecule has 0 saturated carbocycles. The molecule has 58 valence electrons. The number of hydrogen-bond donors (Lipinski definition) is 1. The summed E-state index contributed by atoms with van der Waals surface area (Å²) in [7, 11) is 0. The largest absolute Gasteiger partial charge is 0.368 e. The van der Waals surface area contributed by atoms with E-state index >= 15 is 0 Å². The van der Waals surface area contributed by atoms with Gasteiger partial charge in [-0.3, -0.25) is 4.99 Å². The number of anilines is 1. The number of aliphatic imine (C=N–C) groups is 1. The fourth-order valence-electron chi connectivity index (χ4n) is 0.742. The SMILES string of the molecule is C=Nc1cncnc1NCC. The molecule has 0 aromatic carbocycles. The van der Waals surface area contributed by atoms with Gasteiger partial charge in [-0.15, -0.1) is 0 Å². The Balaban J connectivity index is 2.92. The van der Waals surface area contributed by atoms with Gasteiger partial charge in [-0.2, -0.15) is 0 Å². The van der Waals surface area contributed by atoms with Crippen LogP contribution in [0.3, 0.4) is 0 Å². The third-order valence-corrected chi connectivity index (χ3v) is 1.21. The van der Waals surface area contributed by atoms with Gasteiger partial charge in [-0.25, -0.2) is 9.97 Å². The molecule has 0 aliphatic heterocycles. The molecule has 1 aromatic rings. The Hall–Kier alpha value is -1.45. The van der Waals surface area contributed by atoms with E-state index in [4.69, 9.17) is 0 Å². The molecule has 0 radical (unpaired) electrons. The van der Waals surface area contributed by atoms with Gasteiger partial charge in [0.1, 0.15) is 12.0 Å². The Labute approximate surface area is 65.4 Å². The van der Waals surface area contributed by atoms with Gasteiger partial charge in [-0.1, -0.05) is 0 Å². The zero-order valence-corrected chi connectivity index (χ0v) is 6.41. The molecular weight excluding hydrogens is 140 g/mol. The fraction of sp³-hybridized carbons (Fsp3) is 0.286. The fourth-order valence-corrected chi connectivity index (χ4v) is 0.742. The van der Waals surface area contributed by atoms with Crippen molar-refractivity contribution in [2.75, 3.05) is 11.9 Å². The minimum atomic E-state index is 0.689. The highest BCUT2D eigenvalue weighted by Gasteiger charge is 1.97.